The van der Waals surface area contributed by atoms with Gasteiger partial charge in [0.25, 0.3) is 0 Å². The molecule has 1 atom stereocenters. The topological polar surface area (TPSA) is 87.2 Å². The highest BCUT2D eigenvalue weighted by atomic mass is 32.1. The Balaban J connectivity index is 1.74. The van der Waals surface area contributed by atoms with Crippen molar-refractivity contribution < 1.29 is 14.1 Å². The summed E-state index contributed by atoms with van der Waals surface area (Å²) in [6.07, 6.45) is 2.10. The number of ether oxygens (including phenoxy) is 1. The lowest BCUT2D eigenvalue weighted by atomic mass is 9.87. The highest BCUT2D eigenvalue weighted by Gasteiger charge is 2.31. The summed E-state index contributed by atoms with van der Waals surface area (Å²) in [5.41, 5.74) is 4.15. The van der Waals surface area contributed by atoms with E-state index in [1.807, 2.05) is 44.2 Å². The molecule has 0 spiro atoms. The fourth-order valence-electron chi connectivity index (χ4n) is 4.50. The maximum absolute atomic E-state index is 13.2. The number of hydrogen-bond acceptors (Lipinski definition) is 7. The molecule has 0 amide bonds. The Morgan fingerprint density at radius 2 is 2.06 bits per heavy atom. The van der Waals surface area contributed by atoms with Crippen molar-refractivity contribution in [3.63, 3.8) is 0 Å². The zero-order valence-corrected chi connectivity index (χ0v) is 19.0. The predicted octanol–water partition coefficient (Wildman–Crippen LogP) is 4.06. The number of nitrogens with zero attached hydrogens (tertiary/aromatic N) is 3. The van der Waals surface area contributed by atoms with Gasteiger partial charge in [-0.1, -0.05) is 35.5 Å². The van der Waals surface area contributed by atoms with Gasteiger partial charge in [-0.15, -0.1) is 11.3 Å². The Bertz CT molecular complexity index is 1360. The van der Waals surface area contributed by atoms with Gasteiger partial charge in [-0.25, -0.2) is 4.79 Å². The number of methoxy groups -OCH3 is 1. The molecule has 4 aromatic rings. The Kier molecular flexibility index (Phi) is 5.17. The number of aryl methyl sites for hydroxylation is 3. The van der Waals surface area contributed by atoms with Crippen LogP contribution in [0.3, 0.4) is 0 Å². The molecule has 164 valence electrons. The third-order valence-electron chi connectivity index (χ3n) is 6.25. The average Bonchev–Trinajstić information content (AvgIpc) is 3.34. The van der Waals surface area contributed by atoms with Gasteiger partial charge >= 0.3 is 11.7 Å². The largest absolute Gasteiger partial charge is 0.469 e. The van der Waals surface area contributed by atoms with Gasteiger partial charge in [-0.05, 0) is 38.7 Å². The standard InChI is InChI=1S/C24H23N3O4S/c1-13-18(14(2)31-26-13)12-27-22-20(21(25-24(27)29)15-7-5-4-6-8-15)17-10-9-16(23(28)30-3)11-19(17)32-22/h4-8,16H,9-12H2,1-3H3. The van der Waals surface area contributed by atoms with Crippen molar-refractivity contribution in [3.8, 4) is 11.3 Å². The predicted molar refractivity (Wildman–Crippen MR) is 122 cm³/mol. The molecule has 3 aromatic heterocycles. The fraction of sp³-hybridized carbons (Fsp3) is 0.333. The molecule has 1 unspecified atom stereocenters. The molecule has 0 aliphatic heterocycles. The van der Waals surface area contributed by atoms with E-state index in [1.54, 1.807) is 15.9 Å². The summed E-state index contributed by atoms with van der Waals surface area (Å²) in [6, 6.07) is 9.80. The summed E-state index contributed by atoms with van der Waals surface area (Å²) in [4.78, 5) is 32.0. The minimum Gasteiger partial charge on any atom is -0.469 e. The first-order chi connectivity index (χ1) is 15.5. The number of aromatic nitrogens is 3. The second-order valence-electron chi connectivity index (χ2n) is 8.14. The molecule has 0 radical (unpaired) electrons. The molecule has 0 fully saturated rings. The molecule has 1 aliphatic rings. The maximum Gasteiger partial charge on any atom is 0.349 e. The van der Waals surface area contributed by atoms with Crippen molar-refractivity contribution in [2.45, 2.75) is 39.7 Å². The van der Waals surface area contributed by atoms with Crippen LogP contribution in [-0.4, -0.2) is 27.8 Å². The van der Waals surface area contributed by atoms with Crippen LogP contribution in [0.25, 0.3) is 21.5 Å². The molecule has 5 rings (SSSR count). The average molecular weight is 450 g/mol. The van der Waals surface area contributed by atoms with E-state index in [9.17, 15) is 9.59 Å². The number of carbonyl (C=O) groups is 1. The monoisotopic (exact) mass is 449 g/mol. The van der Waals surface area contributed by atoms with Gasteiger partial charge in [0.15, 0.2) is 0 Å². The van der Waals surface area contributed by atoms with Crippen LogP contribution >= 0.6 is 11.3 Å². The lowest BCUT2D eigenvalue weighted by Crippen LogP contribution is -2.25. The van der Waals surface area contributed by atoms with Crippen molar-refractivity contribution in [2.75, 3.05) is 7.11 Å². The number of benzene rings is 1. The third kappa shape index (κ3) is 3.35. The van der Waals surface area contributed by atoms with Gasteiger partial charge in [0.05, 0.1) is 31.0 Å². The molecular weight excluding hydrogens is 426 g/mol. The molecule has 1 aromatic carbocycles. The van der Waals surface area contributed by atoms with Crippen LogP contribution in [0.4, 0.5) is 0 Å². The first-order valence-corrected chi connectivity index (χ1v) is 11.4. The zero-order valence-electron chi connectivity index (χ0n) is 18.2. The van der Waals surface area contributed by atoms with E-state index < -0.39 is 0 Å². The van der Waals surface area contributed by atoms with Crippen LogP contribution in [0.2, 0.25) is 0 Å². The SMILES string of the molecule is COC(=O)C1CCc2c(sc3c2c(-c2ccccc2)nc(=O)n3Cc2c(C)noc2C)C1. The molecule has 7 nitrogen and oxygen atoms in total. The molecule has 0 saturated heterocycles. The van der Waals surface area contributed by atoms with Crippen molar-refractivity contribution in [1.82, 2.24) is 14.7 Å². The van der Waals surface area contributed by atoms with Crippen LogP contribution < -0.4 is 5.69 Å². The minimum atomic E-state index is -0.306. The van der Waals surface area contributed by atoms with Gasteiger partial charge in [0.2, 0.25) is 0 Å². The van der Waals surface area contributed by atoms with Crippen molar-refractivity contribution in [3.05, 3.63) is 68.3 Å². The van der Waals surface area contributed by atoms with Crippen LogP contribution in [0.5, 0.6) is 0 Å². The van der Waals surface area contributed by atoms with Crippen molar-refractivity contribution in [1.29, 1.82) is 0 Å². The van der Waals surface area contributed by atoms with E-state index in [-0.39, 0.29) is 17.6 Å². The Morgan fingerprint density at radius 1 is 1.28 bits per heavy atom. The van der Waals surface area contributed by atoms with E-state index in [0.717, 1.165) is 44.8 Å². The molecular formula is C24H23N3O4S. The second kappa shape index (κ2) is 8.02. The fourth-order valence-corrected chi connectivity index (χ4v) is 5.92. The lowest BCUT2D eigenvalue weighted by Gasteiger charge is -2.20. The summed E-state index contributed by atoms with van der Waals surface area (Å²) in [5, 5.41) is 5.04. The van der Waals surface area contributed by atoms with E-state index in [0.29, 0.717) is 24.4 Å². The summed E-state index contributed by atoms with van der Waals surface area (Å²) in [5.74, 6) is 0.362. The quantitative estimate of drug-likeness (QED) is 0.437. The zero-order chi connectivity index (χ0) is 22.4. The maximum atomic E-state index is 13.2. The summed E-state index contributed by atoms with van der Waals surface area (Å²) >= 11 is 1.58. The van der Waals surface area contributed by atoms with Gasteiger partial charge in [-0.2, -0.15) is 4.98 Å². The summed E-state index contributed by atoms with van der Waals surface area (Å²) in [7, 11) is 1.43. The van der Waals surface area contributed by atoms with Gasteiger partial charge in [0.1, 0.15) is 10.6 Å². The van der Waals surface area contributed by atoms with Crippen molar-refractivity contribution >= 4 is 27.5 Å². The van der Waals surface area contributed by atoms with Crippen molar-refractivity contribution in [2.24, 2.45) is 5.92 Å². The highest BCUT2D eigenvalue weighted by Crippen LogP contribution is 2.41. The summed E-state index contributed by atoms with van der Waals surface area (Å²) in [6.45, 7) is 4.07. The van der Waals surface area contributed by atoms with Gasteiger partial charge in [-0.3, -0.25) is 9.36 Å². The Morgan fingerprint density at radius 3 is 2.75 bits per heavy atom. The first kappa shape index (κ1) is 20.6. The Labute approximate surface area is 188 Å². The van der Waals surface area contributed by atoms with Crippen LogP contribution in [0.1, 0.15) is 33.9 Å². The number of fused-ring (bicyclic) bond motifs is 3. The molecule has 1 aliphatic carbocycles. The number of esters is 1. The first-order valence-electron chi connectivity index (χ1n) is 10.6. The number of thiophene rings is 1. The second-order valence-corrected chi connectivity index (χ2v) is 9.23. The highest BCUT2D eigenvalue weighted by molar-refractivity contribution is 7.19. The lowest BCUT2D eigenvalue weighted by molar-refractivity contribution is -0.145. The normalized spacial score (nSPS) is 15.7. The van der Waals surface area contributed by atoms with Crippen LogP contribution in [0, 0.1) is 19.8 Å². The molecule has 3 heterocycles. The molecule has 32 heavy (non-hydrogen) atoms. The minimum absolute atomic E-state index is 0.156. The van der Waals surface area contributed by atoms with Gasteiger partial charge in [0, 0.05) is 21.4 Å². The molecule has 0 saturated carbocycles. The van der Waals surface area contributed by atoms with E-state index in [4.69, 9.17) is 9.26 Å². The smallest absolute Gasteiger partial charge is 0.349 e. The molecule has 0 bridgehead atoms. The summed E-state index contributed by atoms with van der Waals surface area (Å²) < 4.78 is 12.0. The number of rotatable bonds is 4. The number of carbonyl (C=O) groups excluding carboxylic acids is 1. The third-order valence-corrected chi connectivity index (χ3v) is 7.52. The van der Waals surface area contributed by atoms with Gasteiger partial charge < -0.3 is 9.26 Å². The molecule has 0 N–H and O–H groups in total. The van der Waals surface area contributed by atoms with E-state index in [1.165, 1.54) is 12.7 Å². The van der Waals surface area contributed by atoms with E-state index in [2.05, 4.69) is 10.1 Å². The van der Waals surface area contributed by atoms with Crippen LogP contribution in [-0.2, 0) is 28.9 Å². The van der Waals surface area contributed by atoms with Crippen LogP contribution in [0.15, 0.2) is 39.6 Å². The molecule has 8 heteroatoms. The Hall–Kier alpha value is -3.26. The number of hydrogen-bond donors (Lipinski definition) is 0. The van der Waals surface area contributed by atoms with E-state index >= 15 is 0 Å².